The molecule has 3 aromatic rings. The predicted octanol–water partition coefficient (Wildman–Crippen LogP) is 4.72. The number of hydrogen-bond acceptors (Lipinski definition) is 5. The Labute approximate surface area is 169 Å². The Morgan fingerprint density at radius 3 is 2.61 bits per heavy atom. The standard InChI is InChI=1S/C22H26N4OS/c27-21(16-26-12-6-1-2-7-13-26)25-22-24-19-11-10-18(14-20(19)28-22)23-15-17-8-4-3-5-9-17/h3-5,8-11,14,23H,1-2,6-7,12-13,15-16H2,(H,24,25,27). The van der Waals surface area contributed by atoms with Gasteiger partial charge < -0.3 is 10.6 Å². The van der Waals surface area contributed by atoms with E-state index in [1.165, 1.54) is 42.6 Å². The molecule has 146 valence electrons. The van der Waals surface area contributed by atoms with Crippen molar-refractivity contribution in [2.24, 2.45) is 0 Å². The van der Waals surface area contributed by atoms with E-state index in [1.807, 2.05) is 30.3 Å². The monoisotopic (exact) mass is 394 g/mol. The highest BCUT2D eigenvalue weighted by Gasteiger charge is 2.14. The van der Waals surface area contributed by atoms with Crippen molar-refractivity contribution in [2.45, 2.75) is 32.2 Å². The molecule has 2 heterocycles. The lowest BCUT2D eigenvalue weighted by molar-refractivity contribution is -0.117. The number of carbonyl (C=O) groups is 1. The lowest BCUT2D eigenvalue weighted by atomic mass is 10.2. The van der Waals surface area contributed by atoms with Crippen LogP contribution in [-0.2, 0) is 11.3 Å². The van der Waals surface area contributed by atoms with Gasteiger partial charge in [0.15, 0.2) is 5.13 Å². The van der Waals surface area contributed by atoms with Gasteiger partial charge in [0.05, 0.1) is 16.8 Å². The lowest BCUT2D eigenvalue weighted by Crippen LogP contribution is -2.33. The number of hydrogen-bond donors (Lipinski definition) is 2. The van der Waals surface area contributed by atoms with Gasteiger partial charge in [-0.15, -0.1) is 0 Å². The number of fused-ring (bicyclic) bond motifs is 1. The minimum absolute atomic E-state index is 0.0309. The van der Waals surface area contributed by atoms with E-state index >= 15 is 0 Å². The van der Waals surface area contributed by atoms with E-state index in [4.69, 9.17) is 0 Å². The van der Waals surface area contributed by atoms with Crippen LogP contribution in [0.5, 0.6) is 0 Å². The third kappa shape index (κ3) is 5.09. The maximum absolute atomic E-state index is 12.4. The summed E-state index contributed by atoms with van der Waals surface area (Å²) in [5.41, 5.74) is 3.22. The average Bonchev–Trinajstić information content (AvgIpc) is 2.92. The lowest BCUT2D eigenvalue weighted by Gasteiger charge is -2.18. The summed E-state index contributed by atoms with van der Waals surface area (Å²) in [5.74, 6) is 0.0309. The van der Waals surface area contributed by atoms with Crippen molar-refractivity contribution in [1.29, 1.82) is 0 Å². The van der Waals surface area contributed by atoms with Gasteiger partial charge in [-0.2, -0.15) is 0 Å². The molecule has 0 saturated carbocycles. The zero-order valence-electron chi connectivity index (χ0n) is 16.0. The minimum atomic E-state index is 0.0309. The molecule has 4 rings (SSSR count). The number of nitrogens with zero attached hydrogens (tertiary/aromatic N) is 2. The molecular formula is C22H26N4OS. The van der Waals surface area contributed by atoms with Crippen LogP contribution in [0.3, 0.4) is 0 Å². The van der Waals surface area contributed by atoms with E-state index < -0.39 is 0 Å². The highest BCUT2D eigenvalue weighted by Crippen LogP contribution is 2.28. The van der Waals surface area contributed by atoms with E-state index in [-0.39, 0.29) is 5.91 Å². The zero-order valence-corrected chi connectivity index (χ0v) is 16.8. The average molecular weight is 395 g/mol. The Morgan fingerprint density at radius 1 is 1.04 bits per heavy atom. The van der Waals surface area contributed by atoms with Crippen molar-refractivity contribution in [3.05, 3.63) is 54.1 Å². The summed E-state index contributed by atoms with van der Waals surface area (Å²) >= 11 is 1.53. The molecule has 5 nitrogen and oxygen atoms in total. The third-order valence-electron chi connectivity index (χ3n) is 5.04. The minimum Gasteiger partial charge on any atom is -0.381 e. The molecule has 0 aliphatic carbocycles. The van der Waals surface area contributed by atoms with Crippen molar-refractivity contribution >= 4 is 38.3 Å². The van der Waals surface area contributed by atoms with Crippen molar-refractivity contribution in [3.8, 4) is 0 Å². The summed E-state index contributed by atoms with van der Waals surface area (Å²) in [6.45, 7) is 3.28. The number of thiazole rings is 1. The van der Waals surface area contributed by atoms with Gasteiger partial charge in [-0.1, -0.05) is 54.5 Å². The van der Waals surface area contributed by atoms with Crippen LogP contribution in [-0.4, -0.2) is 35.4 Å². The van der Waals surface area contributed by atoms with Gasteiger partial charge in [-0.25, -0.2) is 4.98 Å². The van der Waals surface area contributed by atoms with Gasteiger partial charge in [0.1, 0.15) is 0 Å². The Bertz CT molecular complexity index is 917. The zero-order chi connectivity index (χ0) is 19.2. The van der Waals surface area contributed by atoms with Crippen molar-refractivity contribution < 1.29 is 4.79 Å². The molecule has 0 spiro atoms. The summed E-state index contributed by atoms with van der Waals surface area (Å²) < 4.78 is 1.07. The van der Waals surface area contributed by atoms with Gasteiger partial charge in [-0.05, 0) is 49.7 Å². The number of aromatic nitrogens is 1. The molecule has 0 atom stereocenters. The summed E-state index contributed by atoms with van der Waals surface area (Å²) in [6.07, 6.45) is 4.92. The fraction of sp³-hybridized carbons (Fsp3) is 0.364. The number of rotatable bonds is 6. The maximum atomic E-state index is 12.4. The first-order valence-electron chi connectivity index (χ1n) is 9.97. The van der Waals surface area contributed by atoms with Crippen LogP contribution < -0.4 is 10.6 Å². The van der Waals surface area contributed by atoms with Crippen LogP contribution in [0.25, 0.3) is 10.2 Å². The van der Waals surface area contributed by atoms with Crippen LogP contribution in [0.4, 0.5) is 10.8 Å². The SMILES string of the molecule is O=C(CN1CCCCCC1)Nc1nc2ccc(NCc3ccccc3)cc2s1. The van der Waals surface area contributed by atoms with Crippen LogP contribution >= 0.6 is 11.3 Å². The molecule has 2 aromatic carbocycles. The number of likely N-dealkylation sites (tertiary alicyclic amines) is 1. The maximum Gasteiger partial charge on any atom is 0.240 e. The fourth-order valence-electron chi connectivity index (χ4n) is 3.54. The molecule has 1 aromatic heterocycles. The van der Waals surface area contributed by atoms with Crippen molar-refractivity contribution in [3.63, 3.8) is 0 Å². The smallest absolute Gasteiger partial charge is 0.240 e. The van der Waals surface area contributed by atoms with Crippen LogP contribution in [0.1, 0.15) is 31.2 Å². The molecule has 6 heteroatoms. The molecule has 1 aliphatic rings. The highest BCUT2D eigenvalue weighted by molar-refractivity contribution is 7.22. The normalized spacial score (nSPS) is 15.3. The fourth-order valence-corrected chi connectivity index (χ4v) is 4.47. The first-order valence-corrected chi connectivity index (χ1v) is 10.8. The molecule has 0 bridgehead atoms. The predicted molar refractivity (Wildman–Crippen MR) is 117 cm³/mol. The Kier molecular flexibility index (Phi) is 6.19. The van der Waals surface area contributed by atoms with Crippen molar-refractivity contribution in [1.82, 2.24) is 9.88 Å². The van der Waals surface area contributed by atoms with Gasteiger partial charge in [0, 0.05) is 12.2 Å². The first-order chi connectivity index (χ1) is 13.8. The number of benzene rings is 2. The van der Waals surface area contributed by atoms with Gasteiger partial charge in [-0.3, -0.25) is 9.69 Å². The Balaban J connectivity index is 1.36. The van der Waals surface area contributed by atoms with Crippen LogP contribution in [0.15, 0.2) is 48.5 Å². The topological polar surface area (TPSA) is 57.3 Å². The van der Waals surface area contributed by atoms with Gasteiger partial charge in [0.25, 0.3) is 0 Å². The highest BCUT2D eigenvalue weighted by atomic mass is 32.1. The molecule has 1 saturated heterocycles. The molecule has 1 fully saturated rings. The second kappa shape index (κ2) is 9.17. The summed E-state index contributed by atoms with van der Waals surface area (Å²) in [5, 5.41) is 7.11. The molecule has 28 heavy (non-hydrogen) atoms. The summed E-state index contributed by atoms with van der Waals surface area (Å²) in [4.78, 5) is 19.2. The van der Waals surface area contributed by atoms with Crippen molar-refractivity contribution in [2.75, 3.05) is 30.3 Å². The molecule has 2 N–H and O–H groups in total. The number of carbonyl (C=O) groups excluding carboxylic acids is 1. The number of amides is 1. The van der Waals surface area contributed by atoms with E-state index in [1.54, 1.807) is 0 Å². The summed E-state index contributed by atoms with van der Waals surface area (Å²) in [7, 11) is 0. The second-order valence-corrected chi connectivity index (χ2v) is 8.31. The molecule has 1 amide bonds. The number of nitrogens with one attached hydrogen (secondary N) is 2. The van der Waals surface area contributed by atoms with E-state index in [9.17, 15) is 4.79 Å². The third-order valence-corrected chi connectivity index (χ3v) is 5.97. The summed E-state index contributed by atoms with van der Waals surface area (Å²) in [6, 6.07) is 16.5. The Morgan fingerprint density at radius 2 is 1.82 bits per heavy atom. The first kappa shape index (κ1) is 18.9. The Hall–Kier alpha value is -2.44. The van der Waals surface area contributed by atoms with Gasteiger partial charge in [0.2, 0.25) is 5.91 Å². The largest absolute Gasteiger partial charge is 0.381 e. The van der Waals surface area contributed by atoms with E-state index in [0.717, 1.165) is 35.5 Å². The quantitative estimate of drug-likeness (QED) is 0.635. The molecular weight excluding hydrogens is 368 g/mol. The van der Waals surface area contributed by atoms with E-state index in [2.05, 4.69) is 38.7 Å². The van der Waals surface area contributed by atoms with E-state index in [0.29, 0.717) is 11.7 Å². The second-order valence-electron chi connectivity index (χ2n) is 7.28. The van der Waals surface area contributed by atoms with Crippen LogP contribution in [0, 0.1) is 0 Å². The molecule has 0 unspecified atom stereocenters. The van der Waals surface area contributed by atoms with Gasteiger partial charge >= 0.3 is 0 Å². The molecule has 0 radical (unpaired) electrons. The molecule has 1 aliphatic heterocycles. The number of anilines is 2. The van der Waals surface area contributed by atoms with Crippen LogP contribution in [0.2, 0.25) is 0 Å².